The molecule has 1 heterocycles. The van der Waals surface area contributed by atoms with Crippen LogP contribution in [0.5, 0.6) is 5.88 Å². The zero-order chi connectivity index (χ0) is 16.4. The van der Waals surface area contributed by atoms with Gasteiger partial charge in [0.25, 0.3) is 0 Å². The Labute approximate surface area is 127 Å². The van der Waals surface area contributed by atoms with Crippen LogP contribution in [0.3, 0.4) is 0 Å². The Kier molecular flexibility index (Phi) is 7.02. The van der Waals surface area contributed by atoms with Crippen LogP contribution in [0, 0.1) is 12.3 Å². The number of nitrogens with one attached hydrogen (secondary N) is 2. The number of nitrogens with zero attached hydrogens (tertiary/aromatic N) is 2. The van der Waals surface area contributed by atoms with E-state index in [0.717, 1.165) is 5.56 Å². The minimum Gasteiger partial charge on any atom is -0.468 e. The van der Waals surface area contributed by atoms with Crippen molar-refractivity contribution in [1.29, 1.82) is 0 Å². The fraction of sp³-hybridized carbons (Fsp3) is 0.429. The SMILES string of the molecule is C#CCNC(=NCc1ccc(OCC(F)(F)F)nc1)NCC. The van der Waals surface area contributed by atoms with Gasteiger partial charge in [-0.05, 0) is 12.5 Å². The Bertz CT molecular complexity index is 520. The molecule has 0 atom stereocenters. The highest BCUT2D eigenvalue weighted by Crippen LogP contribution is 2.17. The number of hydrogen-bond acceptors (Lipinski definition) is 3. The highest BCUT2D eigenvalue weighted by Gasteiger charge is 2.28. The second kappa shape index (κ2) is 8.77. The highest BCUT2D eigenvalue weighted by atomic mass is 19.4. The summed E-state index contributed by atoms with van der Waals surface area (Å²) in [4.78, 5) is 8.08. The third kappa shape index (κ3) is 7.38. The number of aliphatic imine (C=N–C) groups is 1. The van der Waals surface area contributed by atoms with Crippen molar-refractivity contribution in [3.05, 3.63) is 23.9 Å². The first-order chi connectivity index (χ1) is 10.4. The molecule has 5 nitrogen and oxygen atoms in total. The Morgan fingerprint density at radius 1 is 1.41 bits per heavy atom. The fourth-order valence-electron chi connectivity index (χ4n) is 1.39. The van der Waals surface area contributed by atoms with Gasteiger partial charge in [-0.2, -0.15) is 13.2 Å². The predicted octanol–water partition coefficient (Wildman–Crippen LogP) is 1.71. The lowest BCUT2D eigenvalue weighted by Gasteiger charge is -2.09. The number of terminal acetylenes is 1. The molecule has 0 bridgehead atoms. The van der Waals surface area contributed by atoms with Gasteiger partial charge in [0.05, 0.1) is 13.1 Å². The molecular weight excluding hydrogens is 297 g/mol. The van der Waals surface area contributed by atoms with Gasteiger partial charge >= 0.3 is 6.18 Å². The highest BCUT2D eigenvalue weighted by molar-refractivity contribution is 5.79. The van der Waals surface area contributed by atoms with Gasteiger partial charge < -0.3 is 15.4 Å². The standard InChI is InChI=1S/C14H17F3N4O/c1-3-7-19-13(18-4-2)21-9-11-5-6-12(20-8-11)22-10-14(15,16)17/h1,5-6,8H,4,7,9-10H2,2H3,(H2,18,19,21). The third-order valence-electron chi connectivity index (χ3n) is 2.30. The van der Waals surface area contributed by atoms with Gasteiger partial charge in [0.2, 0.25) is 5.88 Å². The van der Waals surface area contributed by atoms with E-state index in [2.05, 4.69) is 31.3 Å². The summed E-state index contributed by atoms with van der Waals surface area (Å²) in [6.45, 7) is 1.89. The van der Waals surface area contributed by atoms with Crippen LogP contribution in [0.1, 0.15) is 12.5 Å². The molecule has 120 valence electrons. The molecule has 0 aliphatic rings. The first kappa shape index (κ1) is 17.6. The van der Waals surface area contributed by atoms with Crippen LogP contribution in [0.25, 0.3) is 0 Å². The summed E-state index contributed by atoms with van der Waals surface area (Å²) in [6.07, 6.45) is 2.19. The van der Waals surface area contributed by atoms with Gasteiger partial charge in [0.15, 0.2) is 12.6 Å². The Hall–Kier alpha value is -2.43. The van der Waals surface area contributed by atoms with E-state index in [4.69, 9.17) is 6.42 Å². The second-order valence-corrected chi connectivity index (χ2v) is 4.16. The number of alkyl halides is 3. The van der Waals surface area contributed by atoms with Crippen LogP contribution in [0.4, 0.5) is 13.2 Å². The first-order valence-electron chi connectivity index (χ1n) is 6.54. The zero-order valence-electron chi connectivity index (χ0n) is 12.1. The number of hydrogen-bond donors (Lipinski definition) is 2. The molecule has 0 aliphatic heterocycles. The smallest absolute Gasteiger partial charge is 0.422 e. The van der Waals surface area contributed by atoms with Crippen molar-refractivity contribution >= 4 is 5.96 Å². The van der Waals surface area contributed by atoms with E-state index in [1.54, 1.807) is 6.07 Å². The van der Waals surface area contributed by atoms with Gasteiger partial charge in [0, 0.05) is 18.8 Å². The van der Waals surface area contributed by atoms with Crippen molar-refractivity contribution in [3.8, 4) is 18.2 Å². The lowest BCUT2D eigenvalue weighted by molar-refractivity contribution is -0.154. The van der Waals surface area contributed by atoms with E-state index in [1.165, 1.54) is 12.3 Å². The quantitative estimate of drug-likeness (QED) is 0.477. The van der Waals surface area contributed by atoms with Crippen LogP contribution in [-0.2, 0) is 6.54 Å². The number of rotatable bonds is 6. The summed E-state index contributed by atoms with van der Waals surface area (Å²) in [7, 11) is 0. The molecule has 22 heavy (non-hydrogen) atoms. The van der Waals surface area contributed by atoms with Crippen molar-refractivity contribution in [2.45, 2.75) is 19.6 Å². The van der Waals surface area contributed by atoms with E-state index in [1.807, 2.05) is 6.92 Å². The molecule has 0 radical (unpaired) electrons. The van der Waals surface area contributed by atoms with Crippen LogP contribution in [-0.4, -0.2) is 36.8 Å². The van der Waals surface area contributed by atoms with E-state index in [0.29, 0.717) is 25.6 Å². The number of aromatic nitrogens is 1. The van der Waals surface area contributed by atoms with Crippen molar-refractivity contribution in [1.82, 2.24) is 15.6 Å². The Balaban J connectivity index is 2.57. The summed E-state index contributed by atoms with van der Waals surface area (Å²) in [6, 6.07) is 2.98. The second-order valence-electron chi connectivity index (χ2n) is 4.16. The third-order valence-corrected chi connectivity index (χ3v) is 2.30. The molecule has 0 spiro atoms. The van der Waals surface area contributed by atoms with E-state index in [-0.39, 0.29) is 5.88 Å². The Morgan fingerprint density at radius 3 is 2.73 bits per heavy atom. The summed E-state index contributed by atoms with van der Waals surface area (Å²) >= 11 is 0. The summed E-state index contributed by atoms with van der Waals surface area (Å²) in [5.74, 6) is 2.91. The molecule has 0 saturated heterocycles. The molecule has 8 heteroatoms. The molecule has 0 fully saturated rings. The van der Waals surface area contributed by atoms with Crippen LogP contribution < -0.4 is 15.4 Å². The molecule has 2 N–H and O–H groups in total. The lowest BCUT2D eigenvalue weighted by atomic mass is 10.3. The summed E-state index contributed by atoms with van der Waals surface area (Å²) in [5.41, 5.74) is 0.734. The monoisotopic (exact) mass is 314 g/mol. The molecule has 1 aromatic heterocycles. The minimum absolute atomic E-state index is 0.0811. The van der Waals surface area contributed by atoms with Gasteiger partial charge in [0.1, 0.15) is 0 Å². The van der Waals surface area contributed by atoms with E-state index < -0.39 is 12.8 Å². The molecule has 0 unspecified atom stereocenters. The maximum absolute atomic E-state index is 12.0. The van der Waals surface area contributed by atoms with Crippen LogP contribution in [0.15, 0.2) is 23.3 Å². The topological polar surface area (TPSA) is 58.5 Å². The van der Waals surface area contributed by atoms with Crippen molar-refractivity contribution in [2.75, 3.05) is 19.7 Å². The first-order valence-corrected chi connectivity index (χ1v) is 6.54. The van der Waals surface area contributed by atoms with Crippen LogP contribution >= 0.6 is 0 Å². The van der Waals surface area contributed by atoms with Gasteiger partial charge in [-0.25, -0.2) is 9.98 Å². The van der Waals surface area contributed by atoms with Crippen LogP contribution in [0.2, 0.25) is 0 Å². The zero-order valence-corrected chi connectivity index (χ0v) is 12.1. The van der Waals surface area contributed by atoms with Crippen molar-refractivity contribution in [3.63, 3.8) is 0 Å². The van der Waals surface area contributed by atoms with Gasteiger partial charge in [-0.3, -0.25) is 0 Å². The van der Waals surface area contributed by atoms with E-state index in [9.17, 15) is 13.2 Å². The lowest BCUT2D eigenvalue weighted by Crippen LogP contribution is -2.37. The summed E-state index contributed by atoms with van der Waals surface area (Å²) in [5, 5.41) is 5.93. The number of guanidine groups is 1. The Morgan fingerprint density at radius 2 is 2.18 bits per heavy atom. The number of halogens is 3. The van der Waals surface area contributed by atoms with Gasteiger partial charge in [-0.1, -0.05) is 12.0 Å². The number of pyridine rings is 1. The fourth-order valence-corrected chi connectivity index (χ4v) is 1.39. The molecule has 0 amide bonds. The van der Waals surface area contributed by atoms with E-state index >= 15 is 0 Å². The van der Waals surface area contributed by atoms with Gasteiger partial charge in [-0.15, -0.1) is 6.42 Å². The molecule has 1 rings (SSSR count). The number of ether oxygens (including phenoxy) is 1. The molecule has 0 aromatic carbocycles. The average molecular weight is 314 g/mol. The summed E-state index contributed by atoms with van der Waals surface area (Å²) < 4.78 is 40.5. The molecule has 0 saturated carbocycles. The predicted molar refractivity (Wildman–Crippen MR) is 77.4 cm³/mol. The molecule has 0 aliphatic carbocycles. The maximum atomic E-state index is 12.0. The maximum Gasteiger partial charge on any atom is 0.422 e. The normalized spacial score (nSPS) is 11.7. The minimum atomic E-state index is -4.38. The molecule has 1 aromatic rings. The average Bonchev–Trinajstić information content (AvgIpc) is 2.48. The molecular formula is C14H17F3N4O. The van der Waals surface area contributed by atoms with Crippen molar-refractivity contribution < 1.29 is 17.9 Å². The largest absolute Gasteiger partial charge is 0.468 e. The van der Waals surface area contributed by atoms with Crippen molar-refractivity contribution in [2.24, 2.45) is 4.99 Å².